The number of hydrogen-bond acceptors (Lipinski definition) is 6. The Bertz CT molecular complexity index is 1690. The van der Waals surface area contributed by atoms with Crippen molar-refractivity contribution < 1.29 is 60.3 Å². The molecular formula is C26H17F6N5O5. The summed E-state index contributed by atoms with van der Waals surface area (Å²) in [5.74, 6) is -5.38. The summed E-state index contributed by atoms with van der Waals surface area (Å²) < 4.78 is 65.1. The molecule has 3 N–H and O–H groups in total. The molecule has 5 rings (SSSR count). The molecule has 5 aromatic rings. The van der Waals surface area contributed by atoms with Crippen LogP contribution in [0.5, 0.6) is 0 Å². The first-order chi connectivity index (χ1) is 19.7. The monoisotopic (exact) mass is 593 g/mol. The maximum atomic E-state index is 13.1. The van der Waals surface area contributed by atoms with Crippen molar-refractivity contribution in [3.8, 4) is 11.4 Å². The van der Waals surface area contributed by atoms with Crippen LogP contribution in [0.2, 0.25) is 0 Å². The van der Waals surface area contributed by atoms with Gasteiger partial charge in [0.15, 0.2) is 17.9 Å². The number of aliphatic carboxylic acids is 2. The molecule has 4 aromatic heterocycles. The molecule has 1 amide bonds. The summed E-state index contributed by atoms with van der Waals surface area (Å²) in [4.78, 5) is 41.2. The second-order valence-corrected chi connectivity index (χ2v) is 8.02. The summed E-state index contributed by atoms with van der Waals surface area (Å²) in [5, 5.41) is 22.5. The van der Waals surface area contributed by atoms with Gasteiger partial charge < -0.3 is 25.1 Å². The third-order valence-corrected chi connectivity index (χ3v) is 5.20. The van der Waals surface area contributed by atoms with E-state index >= 15 is 0 Å². The van der Waals surface area contributed by atoms with Crippen molar-refractivity contribution in [2.45, 2.75) is 12.4 Å². The average molecular weight is 593 g/mol. The number of carbonyl (C=O) groups excluding carboxylic acids is 3. The zero-order valence-electron chi connectivity index (χ0n) is 20.8. The van der Waals surface area contributed by atoms with E-state index in [9.17, 15) is 31.1 Å². The molecule has 218 valence electrons. The lowest BCUT2D eigenvalue weighted by Gasteiger charge is -2.06. The molecule has 0 radical (unpaired) electrons. The van der Waals surface area contributed by atoms with Gasteiger partial charge in [-0.15, -0.1) is 0 Å². The van der Waals surface area contributed by atoms with Crippen molar-refractivity contribution >= 4 is 39.8 Å². The van der Waals surface area contributed by atoms with Crippen LogP contribution in [0.25, 0.3) is 27.7 Å². The number of hydrogen-bond donors (Lipinski definition) is 2. The Morgan fingerprint density at radius 3 is 2.14 bits per heavy atom. The van der Waals surface area contributed by atoms with E-state index in [1.165, 1.54) is 0 Å². The highest BCUT2D eigenvalue weighted by molar-refractivity contribution is 6.11. The Kier molecular flexibility index (Phi) is 9.41. The number of carboxylic acid groups (broad SMARTS) is 2. The van der Waals surface area contributed by atoms with E-state index in [1.807, 2.05) is 77.6 Å². The van der Waals surface area contributed by atoms with Crippen LogP contribution in [-0.2, 0) is 9.59 Å². The first kappa shape index (κ1) is 31.0. The van der Waals surface area contributed by atoms with E-state index in [4.69, 9.17) is 19.8 Å². The van der Waals surface area contributed by atoms with E-state index in [0.717, 1.165) is 33.4 Å². The standard InChI is InChI=1S/C22H15N5O.2C2HF3O2/c28-22(25-18-7-3-5-15-13-24-11-9-17(15)18)20-19-8-1-2-12-27(19)21(26-20)16-6-4-10-23-14-16;2*3-2(4,5)1(6)7/h1-14H,(H,25,28);2*(H,6,7). The van der Waals surface area contributed by atoms with Gasteiger partial charge in [0.25, 0.3) is 11.7 Å². The SMILES string of the molecule is O=C(Nc1cccc2cnccc12)c1[nH]c(-c2ccc[nH+]c2)[n+]2ccccc12.O=C([O-])C(F)(F)F.O=C([O-])C(F)(F)F. The molecule has 10 nitrogen and oxygen atoms in total. The Morgan fingerprint density at radius 1 is 0.881 bits per heavy atom. The van der Waals surface area contributed by atoms with Crippen LogP contribution >= 0.6 is 0 Å². The Balaban J connectivity index is 0.000000289. The molecule has 4 heterocycles. The van der Waals surface area contributed by atoms with Crippen molar-refractivity contribution in [2.75, 3.05) is 5.32 Å². The van der Waals surface area contributed by atoms with E-state index in [1.54, 1.807) is 12.4 Å². The summed E-state index contributed by atoms with van der Waals surface area (Å²) in [5.41, 5.74) is 3.02. The number of alkyl halides is 6. The maximum absolute atomic E-state index is 13.1. The van der Waals surface area contributed by atoms with Gasteiger partial charge in [-0.25, -0.2) is 9.97 Å². The van der Waals surface area contributed by atoms with Crippen LogP contribution in [0.1, 0.15) is 10.5 Å². The van der Waals surface area contributed by atoms with Crippen molar-refractivity contribution in [3.05, 3.63) is 91.3 Å². The number of carboxylic acids is 2. The quantitative estimate of drug-likeness (QED) is 0.239. The number of anilines is 1. The number of nitrogens with zero attached hydrogens (tertiary/aromatic N) is 2. The maximum Gasteiger partial charge on any atom is 0.430 e. The van der Waals surface area contributed by atoms with Crippen molar-refractivity contribution in [2.24, 2.45) is 0 Å². The summed E-state index contributed by atoms with van der Waals surface area (Å²) in [6, 6.07) is 17.4. The lowest BCUT2D eigenvalue weighted by atomic mass is 10.1. The molecule has 0 spiro atoms. The minimum Gasteiger partial charge on any atom is -0.542 e. The van der Waals surface area contributed by atoms with Crippen LogP contribution in [0, 0.1) is 0 Å². The molecule has 1 aromatic carbocycles. The van der Waals surface area contributed by atoms with Crippen molar-refractivity contribution in [3.63, 3.8) is 0 Å². The number of pyridine rings is 3. The third kappa shape index (κ3) is 7.77. The number of rotatable bonds is 3. The van der Waals surface area contributed by atoms with Crippen LogP contribution in [-0.4, -0.2) is 40.2 Å². The normalized spacial score (nSPS) is 11.1. The van der Waals surface area contributed by atoms with Gasteiger partial charge in [-0.1, -0.05) is 18.2 Å². The second-order valence-electron chi connectivity index (χ2n) is 8.02. The number of benzene rings is 1. The highest BCUT2D eigenvalue weighted by Gasteiger charge is 2.29. The molecule has 0 aliphatic rings. The molecule has 0 saturated heterocycles. The molecule has 0 aliphatic heterocycles. The number of fused-ring (bicyclic) bond motifs is 2. The largest absolute Gasteiger partial charge is 0.542 e. The number of nitrogens with one attached hydrogen (secondary N) is 3. The molecule has 0 fully saturated rings. The summed E-state index contributed by atoms with van der Waals surface area (Å²) in [7, 11) is 0. The molecule has 42 heavy (non-hydrogen) atoms. The fourth-order valence-corrected chi connectivity index (χ4v) is 3.43. The summed E-state index contributed by atoms with van der Waals surface area (Å²) >= 11 is 0. The molecule has 0 atom stereocenters. The first-order valence-corrected chi connectivity index (χ1v) is 11.4. The van der Waals surface area contributed by atoms with Crippen LogP contribution in [0.3, 0.4) is 0 Å². The fraction of sp³-hybridized carbons (Fsp3) is 0.0769. The molecule has 0 unspecified atom stereocenters. The number of H-pyrrole nitrogens is 2. The zero-order valence-corrected chi connectivity index (χ0v) is 20.8. The molecule has 16 heteroatoms. The van der Waals surface area contributed by atoms with Gasteiger partial charge in [-0.3, -0.25) is 9.78 Å². The topological polar surface area (TPSA) is 156 Å². The highest BCUT2D eigenvalue weighted by atomic mass is 19.4. The van der Waals surface area contributed by atoms with E-state index in [2.05, 4.69) is 20.3 Å². The Labute approximate surface area is 230 Å². The van der Waals surface area contributed by atoms with E-state index in [-0.39, 0.29) is 5.91 Å². The molecular weight excluding hydrogens is 576 g/mol. The highest BCUT2D eigenvalue weighted by Crippen LogP contribution is 2.24. The van der Waals surface area contributed by atoms with Crippen LogP contribution in [0.15, 0.2) is 85.6 Å². The van der Waals surface area contributed by atoms with Crippen LogP contribution < -0.4 is 24.9 Å². The van der Waals surface area contributed by atoms with Gasteiger partial charge in [0.05, 0.1) is 6.20 Å². The summed E-state index contributed by atoms with van der Waals surface area (Å²) in [6.45, 7) is 0. The molecule has 0 bridgehead atoms. The van der Waals surface area contributed by atoms with Gasteiger partial charge >= 0.3 is 12.4 Å². The second kappa shape index (κ2) is 12.8. The van der Waals surface area contributed by atoms with Gasteiger partial charge in [-0.05, 0) is 30.3 Å². The smallest absolute Gasteiger partial charge is 0.430 e. The van der Waals surface area contributed by atoms with Crippen molar-refractivity contribution in [1.29, 1.82) is 0 Å². The first-order valence-electron chi connectivity index (χ1n) is 11.4. The Morgan fingerprint density at radius 2 is 1.55 bits per heavy atom. The fourth-order valence-electron chi connectivity index (χ4n) is 3.43. The van der Waals surface area contributed by atoms with Gasteiger partial charge in [-0.2, -0.15) is 30.7 Å². The lowest BCUT2D eigenvalue weighted by Crippen LogP contribution is -2.37. The van der Waals surface area contributed by atoms with E-state index in [0.29, 0.717) is 5.69 Å². The van der Waals surface area contributed by atoms with Gasteiger partial charge in [0.1, 0.15) is 17.5 Å². The van der Waals surface area contributed by atoms with Gasteiger partial charge in [0.2, 0.25) is 5.69 Å². The number of carbonyl (C=O) groups is 3. The van der Waals surface area contributed by atoms with Crippen molar-refractivity contribution in [1.82, 2.24) is 9.97 Å². The number of aromatic amines is 2. The molecule has 0 aliphatic carbocycles. The zero-order chi connectivity index (χ0) is 31.1. The van der Waals surface area contributed by atoms with Gasteiger partial charge in [0, 0.05) is 34.9 Å². The minimum atomic E-state index is -5.19. The predicted octanol–water partition coefficient (Wildman–Crippen LogP) is 1.63. The minimum absolute atomic E-state index is 0.195. The Hall–Kier alpha value is -5.54. The predicted molar refractivity (Wildman–Crippen MR) is 128 cm³/mol. The summed E-state index contributed by atoms with van der Waals surface area (Å²) in [6.07, 6.45) is -1.20. The average Bonchev–Trinajstić information content (AvgIpc) is 3.33. The van der Waals surface area contributed by atoms with E-state index < -0.39 is 24.3 Å². The number of amides is 1. The number of aromatic nitrogens is 4. The van der Waals surface area contributed by atoms with Crippen LogP contribution in [0.4, 0.5) is 32.0 Å². The lowest BCUT2D eigenvalue weighted by molar-refractivity contribution is -0.499. The molecule has 0 saturated carbocycles. The third-order valence-electron chi connectivity index (χ3n) is 5.20. The number of imidazole rings is 1. The number of halogens is 6.